The molecule has 4 rings (SSSR count). The number of fused-ring (bicyclic) bond motifs is 1. The number of aromatic nitrogens is 6. The summed E-state index contributed by atoms with van der Waals surface area (Å²) in [5.74, 6) is 1.43. The van der Waals surface area contributed by atoms with Crippen LogP contribution in [0.3, 0.4) is 0 Å². The van der Waals surface area contributed by atoms with Crippen molar-refractivity contribution in [2.24, 2.45) is 0 Å². The van der Waals surface area contributed by atoms with Crippen LogP contribution < -0.4 is 11.1 Å². The second kappa shape index (κ2) is 5.74. The Morgan fingerprint density at radius 2 is 1.92 bits per heavy atom. The number of nitrogens with one attached hydrogen (secondary N) is 1. The molecule has 3 N–H and O–H groups in total. The van der Waals surface area contributed by atoms with Crippen molar-refractivity contribution in [3.8, 4) is 5.82 Å². The van der Waals surface area contributed by atoms with Crippen molar-refractivity contribution in [3.05, 3.63) is 53.9 Å². The zero-order chi connectivity index (χ0) is 16.5. The Morgan fingerprint density at radius 1 is 1.04 bits per heavy atom. The Bertz CT molecular complexity index is 1010. The van der Waals surface area contributed by atoms with Gasteiger partial charge in [-0.05, 0) is 24.3 Å². The van der Waals surface area contributed by atoms with Gasteiger partial charge < -0.3 is 11.1 Å². The minimum atomic E-state index is 0.338. The van der Waals surface area contributed by atoms with E-state index in [-0.39, 0.29) is 0 Å². The maximum absolute atomic E-state index is 6.21. The summed E-state index contributed by atoms with van der Waals surface area (Å²) in [6.45, 7) is 0. The molecule has 0 amide bonds. The van der Waals surface area contributed by atoms with E-state index in [4.69, 9.17) is 17.3 Å². The molecule has 24 heavy (non-hydrogen) atoms. The molecular weight excluding hydrogens is 328 g/mol. The molecule has 0 saturated carbocycles. The predicted molar refractivity (Wildman–Crippen MR) is 91.4 cm³/mol. The van der Waals surface area contributed by atoms with E-state index in [2.05, 4.69) is 30.6 Å². The van der Waals surface area contributed by atoms with E-state index >= 15 is 0 Å². The quantitative estimate of drug-likeness (QED) is 0.591. The summed E-state index contributed by atoms with van der Waals surface area (Å²) in [4.78, 5) is 12.6. The van der Waals surface area contributed by atoms with Crippen molar-refractivity contribution < 1.29 is 0 Å². The standard InChI is InChI=1S/C15H11ClN8/c16-9-5-6-12(18-7-9)21-14-13(17)15(20-8-19-14)24-11-4-2-1-3-10(11)22-23-24/h1-8H,17H2,(H,18,19,20,21). The molecule has 0 saturated heterocycles. The van der Waals surface area contributed by atoms with Crippen molar-refractivity contribution in [2.75, 3.05) is 11.1 Å². The van der Waals surface area contributed by atoms with Gasteiger partial charge in [-0.3, -0.25) is 0 Å². The zero-order valence-corrected chi connectivity index (χ0v) is 13.0. The topological polar surface area (TPSA) is 107 Å². The predicted octanol–water partition coefficient (Wildman–Crippen LogP) is 2.58. The highest BCUT2D eigenvalue weighted by Crippen LogP contribution is 2.26. The van der Waals surface area contributed by atoms with Crippen molar-refractivity contribution in [1.29, 1.82) is 0 Å². The molecule has 0 aliphatic carbocycles. The third-order valence-electron chi connectivity index (χ3n) is 3.39. The summed E-state index contributed by atoms with van der Waals surface area (Å²) in [6, 6.07) is 11.0. The lowest BCUT2D eigenvalue weighted by molar-refractivity contribution is 0.800. The first kappa shape index (κ1) is 14.3. The van der Waals surface area contributed by atoms with Gasteiger partial charge in [-0.1, -0.05) is 28.9 Å². The fourth-order valence-electron chi connectivity index (χ4n) is 2.25. The SMILES string of the molecule is Nc1c(Nc2ccc(Cl)cn2)ncnc1-n1nnc2ccccc21. The second-order valence-electron chi connectivity index (χ2n) is 4.94. The van der Waals surface area contributed by atoms with Gasteiger partial charge in [-0.25, -0.2) is 15.0 Å². The second-order valence-corrected chi connectivity index (χ2v) is 5.37. The van der Waals surface area contributed by atoms with Crippen LogP contribution in [0.5, 0.6) is 0 Å². The van der Waals surface area contributed by atoms with Crippen LogP contribution in [0, 0.1) is 0 Å². The van der Waals surface area contributed by atoms with Gasteiger partial charge in [0.2, 0.25) is 0 Å². The number of rotatable bonds is 3. The van der Waals surface area contributed by atoms with Crippen molar-refractivity contribution in [2.45, 2.75) is 0 Å². The largest absolute Gasteiger partial charge is 0.393 e. The molecule has 0 atom stereocenters. The Morgan fingerprint density at radius 3 is 2.75 bits per heavy atom. The lowest BCUT2D eigenvalue weighted by atomic mass is 10.3. The van der Waals surface area contributed by atoms with Crippen molar-refractivity contribution in [3.63, 3.8) is 0 Å². The molecule has 4 aromatic rings. The van der Waals surface area contributed by atoms with Gasteiger partial charge in [0.25, 0.3) is 0 Å². The smallest absolute Gasteiger partial charge is 0.184 e. The Hall–Kier alpha value is -3.26. The monoisotopic (exact) mass is 338 g/mol. The number of para-hydroxylation sites is 1. The number of hydrogen-bond acceptors (Lipinski definition) is 7. The molecular formula is C15H11ClN8. The molecule has 0 aliphatic rings. The summed E-state index contributed by atoms with van der Waals surface area (Å²) in [5.41, 5.74) is 8.11. The van der Waals surface area contributed by atoms with E-state index in [1.165, 1.54) is 12.5 Å². The van der Waals surface area contributed by atoms with E-state index in [9.17, 15) is 0 Å². The van der Waals surface area contributed by atoms with Gasteiger partial charge >= 0.3 is 0 Å². The van der Waals surface area contributed by atoms with Crippen LogP contribution in [-0.4, -0.2) is 29.9 Å². The molecule has 1 aromatic carbocycles. The average Bonchev–Trinajstić information content (AvgIpc) is 3.03. The molecule has 0 spiro atoms. The molecule has 9 heteroatoms. The fourth-order valence-corrected chi connectivity index (χ4v) is 2.36. The van der Waals surface area contributed by atoms with Crippen LogP contribution in [0.2, 0.25) is 5.02 Å². The number of halogens is 1. The van der Waals surface area contributed by atoms with Crippen LogP contribution in [0.15, 0.2) is 48.9 Å². The van der Waals surface area contributed by atoms with E-state index in [0.717, 1.165) is 11.0 Å². The molecule has 118 valence electrons. The van der Waals surface area contributed by atoms with Gasteiger partial charge in [0, 0.05) is 6.20 Å². The summed E-state index contributed by atoms with van der Waals surface area (Å²) in [5, 5.41) is 11.8. The molecule has 3 aromatic heterocycles. The first-order valence-corrected chi connectivity index (χ1v) is 7.40. The number of nitrogens with zero attached hydrogens (tertiary/aromatic N) is 6. The Labute approximate surface area is 141 Å². The lowest BCUT2D eigenvalue weighted by Crippen LogP contribution is -2.09. The van der Waals surface area contributed by atoms with Crippen LogP contribution in [0.25, 0.3) is 16.9 Å². The van der Waals surface area contributed by atoms with Crippen LogP contribution in [-0.2, 0) is 0 Å². The minimum Gasteiger partial charge on any atom is -0.393 e. The molecule has 8 nitrogen and oxygen atoms in total. The van der Waals surface area contributed by atoms with Gasteiger partial charge in [0.15, 0.2) is 11.6 Å². The lowest BCUT2D eigenvalue weighted by Gasteiger charge is -2.10. The van der Waals surface area contributed by atoms with E-state index in [0.29, 0.717) is 28.2 Å². The summed E-state index contributed by atoms with van der Waals surface area (Å²) in [6.07, 6.45) is 2.94. The van der Waals surface area contributed by atoms with Gasteiger partial charge in [0.1, 0.15) is 23.3 Å². The van der Waals surface area contributed by atoms with Gasteiger partial charge in [0.05, 0.1) is 10.5 Å². The highest BCUT2D eigenvalue weighted by molar-refractivity contribution is 6.30. The molecule has 0 aliphatic heterocycles. The highest BCUT2D eigenvalue weighted by Gasteiger charge is 2.14. The number of nitrogen functional groups attached to an aromatic ring is 1. The van der Waals surface area contributed by atoms with Crippen LogP contribution >= 0.6 is 11.6 Å². The first-order valence-electron chi connectivity index (χ1n) is 7.02. The van der Waals surface area contributed by atoms with Gasteiger partial charge in [-0.15, -0.1) is 5.10 Å². The van der Waals surface area contributed by atoms with E-state index in [1.54, 1.807) is 16.8 Å². The highest BCUT2D eigenvalue weighted by atomic mass is 35.5. The first-order chi connectivity index (χ1) is 11.7. The number of pyridine rings is 1. The molecule has 3 heterocycles. The number of nitrogens with two attached hydrogens (primary N) is 1. The van der Waals surface area contributed by atoms with Crippen LogP contribution in [0.1, 0.15) is 0 Å². The third-order valence-corrected chi connectivity index (χ3v) is 3.61. The third kappa shape index (κ3) is 2.48. The van der Waals surface area contributed by atoms with E-state index < -0.39 is 0 Å². The molecule has 0 fully saturated rings. The van der Waals surface area contributed by atoms with Gasteiger partial charge in [-0.2, -0.15) is 4.68 Å². The maximum Gasteiger partial charge on any atom is 0.184 e. The molecule has 0 unspecified atom stereocenters. The average molecular weight is 339 g/mol. The summed E-state index contributed by atoms with van der Waals surface area (Å²) in [7, 11) is 0. The van der Waals surface area contributed by atoms with Crippen molar-refractivity contribution >= 4 is 40.0 Å². The molecule has 0 radical (unpaired) electrons. The van der Waals surface area contributed by atoms with Crippen LogP contribution in [0.4, 0.5) is 17.3 Å². The zero-order valence-electron chi connectivity index (χ0n) is 12.3. The minimum absolute atomic E-state index is 0.338. The number of hydrogen-bond donors (Lipinski definition) is 2. The number of benzene rings is 1. The fraction of sp³-hybridized carbons (Fsp3) is 0. The Kier molecular flexibility index (Phi) is 3.43. The number of anilines is 3. The summed E-state index contributed by atoms with van der Waals surface area (Å²) >= 11 is 5.84. The maximum atomic E-state index is 6.21. The summed E-state index contributed by atoms with van der Waals surface area (Å²) < 4.78 is 1.58. The van der Waals surface area contributed by atoms with Crippen molar-refractivity contribution in [1.82, 2.24) is 29.9 Å². The Balaban J connectivity index is 1.77. The van der Waals surface area contributed by atoms with E-state index in [1.807, 2.05) is 24.3 Å². The molecule has 0 bridgehead atoms. The normalized spacial score (nSPS) is 10.9.